The third-order valence-corrected chi connectivity index (χ3v) is 3.21. The lowest BCUT2D eigenvalue weighted by Crippen LogP contribution is -2.40. The van der Waals surface area contributed by atoms with Crippen LogP contribution in [0.4, 0.5) is 0 Å². The zero-order valence-electron chi connectivity index (χ0n) is 11.3. The van der Waals surface area contributed by atoms with Crippen LogP contribution in [0.2, 0.25) is 0 Å². The predicted molar refractivity (Wildman–Crippen MR) is 71.9 cm³/mol. The van der Waals surface area contributed by atoms with Crippen LogP contribution in [0.25, 0.3) is 10.8 Å². The number of benzene rings is 1. The zero-order valence-corrected chi connectivity index (χ0v) is 11.3. The number of phenols is 2. The zero-order chi connectivity index (χ0) is 13.4. The molecule has 0 fully saturated rings. The molecule has 0 atom stereocenters. The summed E-state index contributed by atoms with van der Waals surface area (Å²) < 4.78 is 2.21. The Morgan fingerprint density at radius 3 is 1.94 bits per heavy atom. The quantitative estimate of drug-likeness (QED) is 0.631. The lowest BCUT2D eigenvalue weighted by molar-refractivity contribution is -0.722. The van der Waals surface area contributed by atoms with Crippen LogP contribution in [0.15, 0.2) is 24.4 Å². The average molecular weight is 246 g/mol. The van der Waals surface area contributed by atoms with Crippen LogP contribution in [0.5, 0.6) is 11.5 Å². The van der Waals surface area contributed by atoms with E-state index >= 15 is 0 Å². The van der Waals surface area contributed by atoms with E-state index in [0.29, 0.717) is 12.0 Å². The highest BCUT2D eigenvalue weighted by molar-refractivity contribution is 5.84. The summed E-state index contributed by atoms with van der Waals surface area (Å²) in [5.41, 5.74) is 1.22. The largest absolute Gasteiger partial charge is 0.504 e. The first-order valence-electron chi connectivity index (χ1n) is 6.31. The standard InChI is InChI=1S/C15H19NO2/c1-9(2)13-5-11-6-14(17)15(18)7-12(11)8-16(13)10(3)4/h5-10,18H,1-4H3/p+1. The molecule has 1 aromatic heterocycles. The van der Waals surface area contributed by atoms with Gasteiger partial charge in [-0.15, -0.1) is 0 Å². The van der Waals surface area contributed by atoms with E-state index in [9.17, 15) is 10.2 Å². The summed E-state index contributed by atoms with van der Waals surface area (Å²) >= 11 is 0. The van der Waals surface area contributed by atoms with Crippen molar-refractivity contribution in [1.29, 1.82) is 0 Å². The minimum Gasteiger partial charge on any atom is -0.504 e. The molecule has 0 saturated heterocycles. The Morgan fingerprint density at radius 1 is 0.889 bits per heavy atom. The molecule has 18 heavy (non-hydrogen) atoms. The number of aromatic hydroxyl groups is 2. The van der Waals surface area contributed by atoms with Gasteiger partial charge in [-0.3, -0.25) is 0 Å². The molecule has 0 amide bonds. The van der Waals surface area contributed by atoms with E-state index < -0.39 is 0 Å². The molecule has 96 valence electrons. The van der Waals surface area contributed by atoms with Gasteiger partial charge in [-0.2, -0.15) is 4.57 Å². The predicted octanol–water partition coefficient (Wildman–Crippen LogP) is 3.24. The van der Waals surface area contributed by atoms with Gasteiger partial charge in [-0.25, -0.2) is 0 Å². The van der Waals surface area contributed by atoms with E-state index in [-0.39, 0.29) is 11.5 Å². The van der Waals surface area contributed by atoms with Gasteiger partial charge in [-0.1, -0.05) is 13.8 Å². The van der Waals surface area contributed by atoms with Crippen LogP contribution in [0.1, 0.15) is 45.3 Å². The van der Waals surface area contributed by atoms with Crippen LogP contribution in [0, 0.1) is 0 Å². The Labute approximate surface area is 107 Å². The van der Waals surface area contributed by atoms with Gasteiger partial charge in [0.2, 0.25) is 0 Å². The Balaban J connectivity index is 2.76. The molecular weight excluding hydrogens is 226 g/mol. The highest BCUT2D eigenvalue weighted by atomic mass is 16.3. The Morgan fingerprint density at radius 2 is 1.44 bits per heavy atom. The minimum absolute atomic E-state index is 0.0699. The molecule has 0 spiro atoms. The van der Waals surface area contributed by atoms with Crippen molar-refractivity contribution in [2.24, 2.45) is 0 Å². The summed E-state index contributed by atoms with van der Waals surface area (Å²) in [6, 6.07) is 5.66. The van der Waals surface area contributed by atoms with Gasteiger partial charge in [0.05, 0.1) is 0 Å². The number of nitrogens with zero attached hydrogens (tertiary/aromatic N) is 1. The Hall–Kier alpha value is -1.77. The molecule has 0 bridgehead atoms. The number of phenolic OH excluding ortho intramolecular Hbond substituents is 2. The van der Waals surface area contributed by atoms with Crippen molar-refractivity contribution in [2.45, 2.75) is 39.7 Å². The summed E-state index contributed by atoms with van der Waals surface area (Å²) in [6.07, 6.45) is 2.04. The number of aromatic nitrogens is 1. The molecule has 2 rings (SSSR count). The molecule has 2 N–H and O–H groups in total. The third-order valence-electron chi connectivity index (χ3n) is 3.21. The van der Waals surface area contributed by atoms with Crippen LogP contribution < -0.4 is 4.57 Å². The summed E-state index contributed by atoms with van der Waals surface area (Å²) in [6.45, 7) is 8.58. The van der Waals surface area contributed by atoms with Gasteiger partial charge in [0.1, 0.15) is 0 Å². The number of rotatable bonds is 2. The van der Waals surface area contributed by atoms with Gasteiger partial charge in [0.25, 0.3) is 0 Å². The summed E-state index contributed by atoms with van der Waals surface area (Å²) in [7, 11) is 0. The van der Waals surface area contributed by atoms with Crippen molar-refractivity contribution in [1.82, 2.24) is 0 Å². The Bertz CT molecular complexity index is 536. The fraction of sp³-hybridized carbons (Fsp3) is 0.400. The summed E-state index contributed by atoms with van der Waals surface area (Å²) in [5, 5.41) is 21.0. The van der Waals surface area contributed by atoms with Crippen molar-refractivity contribution in [3.05, 3.63) is 30.1 Å². The van der Waals surface area contributed by atoms with Gasteiger partial charge in [0.15, 0.2) is 29.4 Å². The first-order valence-corrected chi connectivity index (χ1v) is 6.31. The number of hydrogen-bond acceptors (Lipinski definition) is 2. The van der Waals surface area contributed by atoms with Gasteiger partial charge >= 0.3 is 0 Å². The highest BCUT2D eigenvalue weighted by Crippen LogP contribution is 2.30. The first kappa shape index (κ1) is 12.7. The van der Waals surface area contributed by atoms with Crippen LogP contribution in [-0.4, -0.2) is 10.2 Å². The summed E-state index contributed by atoms with van der Waals surface area (Å²) in [5.74, 6) is 0.266. The van der Waals surface area contributed by atoms with E-state index in [1.54, 1.807) is 12.1 Å². The molecule has 0 aliphatic rings. The second-order valence-corrected chi connectivity index (χ2v) is 5.32. The number of hydrogen-bond donors (Lipinski definition) is 2. The minimum atomic E-state index is -0.0740. The lowest BCUT2D eigenvalue weighted by atomic mass is 10.0. The van der Waals surface area contributed by atoms with Crippen molar-refractivity contribution >= 4 is 10.8 Å². The van der Waals surface area contributed by atoms with Crippen molar-refractivity contribution < 1.29 is 14.8 Å². The van der Waals surface area contributed by atoms with E-state index in [1.807, 2.05) is 6.20 Å². The molecule has 1 aromatic carbocycles. The third kappa shape index (κ3) is 2.13. The molecular formula is C15H20NO2+. The number of pyridine rings is 1. The van der Waals surface area contributed by atoms with Crippen molar-refractivity contribution in [3.8, 4) is 11.5 Å². The van der Waals surface area contributed by atoms with Gasteiger partial charge < -0.3 is 10.2 Å². The maximum absolute atomic E-state index is 9.57. The summed E-state index contributed by atoms with van der Waals surface area (Å²) in [4.78, 5) is 0. The van der Waals surface area contributed by atoms with Crippen LogP contribution >= 0.6 is 0 Å². The van der Waals surface area contributed by atoms with E-state index in [0.717, 1.165) is 10.8 Å². The monoisotopic (exact) mass is 246 g/mol. The second-order valence-electron chi connectivity index (χ2n) is 5.32. The van der Waals surface area contributed by atoms with Gasteiger partial charge in [-0.05, 0) is 31.4 Å². The topological polar surface area (TPSA) is 44.3 Å². The molecule has 3 nitrogen and oxygen atoms in total. The number of fused-ring (bicyclic) bond motifs is 1. The molecule has 3 heteroatoms. The van der Waals surface area contributed by atoms with Gasteiger partial charge in [0, 0.05) is 17.4 Å². The molecule has 0 radical (unpaired) electrons. The highest BCUT2D eigenvalue weighted by Gasteiger charge is 2.19. The fourth-order valence-electron chi connectivity index (χ4n) is 2.22. The smallest absolute Gasteiger partial charge is 0.184 e. The first-order chi connectivity index (χ1) is 8.40. The average Bonchev–Trinajstić information content (AvgIpc) is 2.28. The fourth-order valence-corrected chi connectivity index (χ4v) is 2.22. The van der Waals surface area contributed by atoms with Crippen molar-refractivity contribution in [3.63, 3.8) is 0 Å². The Kier molecular flexibility index (Phi) is 3.16. The molecule has 0 aliphatic carbocycles. The van der Waals surface area contributed by atoms with E-state index in [4.69, 9.17) is 0 Å². The van der Waals surface area contributed by atoms with Crippen molar-refractivity contribution in [2.75, 3.05) is 0 Å². The molecule has 0 unspecified atom stereocenters. The molecule has 2 aromatic rings. The van der Waals surface area contributed by atoms with Crippen LogP contribution in [0.3, 0.4) is 0 Å². The maximum Gasteiger partial charge on any atom is 0.184 e. The molecule has 0 saturated carbocycles. The molecule has 1 heterocycles. The van der Waals surface area contributed by atoms with E-state index in [1.165, 1.54) is 5.69 Å². The normalized spacial score (nSPS) is 11.7. The lowest BCUT2D eigenvalue weighted by Gasteiger charge is -2.11. The van der Waals surface area contributed by atoms with E-state index in [2.05, 4.69) is 38.3 Å². The van der Waals surface area contributed by atoms with Crippen LogP contribution in [-0.2, 0) is 0 Å². The maximum atomic E-state index is 9.57. The molecule has 0 aliphatic heterocycles. The second kappa shape index (κ2) is 4.48. The SMILES string of the molecule is CC(C)c1cc2cc(O)c(O)cc2c[n+]1C(C)C.